The van der Waals surface area contributed by atoms with Crippen LogP contribution in [0.25, 0.3) is 0 Å². The van der Waals surface area contributed by atoms with Gasteiger partial charge in [-0.05, 0) is 42.5 Å². The molecule has 0 saturated carbocycles. The van der Waals surface area contributed by atoms with Crippen molar-refractivity contribution in [2.75, 3.05) is 0 Å². The molecule has 2 heterocycles. The molecule has 0 fully saturated rings. The van der Waals surface area contributed by atoms with E-state index in [1.165, 1.54) is 22.9 Å². The molecule has 1 N–H and O–H groups in total. The summed E-state index contributed by atoms with van der Waals surface area (Å²) in [7, 11) is 0. The fraction of sp³-hybridized carbons (Fsp3) is 0.188. The second kappa shape index (κ2) is 7.62. The Labute approximate surface area is 152 Å². The number of rotatable bonds is 6. The van der Waals surface area contributed by atoms with Gasteiger partial charge >= 0.3 is 0 Å². The number of benzene rings is 1. The van der Waals surface area contributed by atoms with E-state index in [0.717, 1.165) is 5.82 Å². The highest BCUT2D eigenvalue weighted by Crippen LogP contribution is 2.25. The number of aromatic amines is 1. The molecule has 130 valence electrons. The van der Waals surface area contributed by atoms with Crippen LogP contribution in [0.3, 0.4) is 0 Å². The van der Waals surface area contributed by atoms with E-state index in [-0.39, 0.29) is 11.6 Å². The smallest absolute Gasteiger partial charge is 0.216 e. The molecule has 0 amide bonds. The summed E-state index contributed by atoms with van der Waals surface area (Å²) in [5.74, 6) is 1.80. The number of hydrogen-bond acceptors (Lipinski definition) is 5. The van der Waals surface area contributed by atoms with Crippen molar-refractivity contribution >= 4 is 30.0 Å². The van der Waals surface area contributed by atoms with Crippen LogP contribution in [-0.4, -0.2) is 21.1 Å². The predicted octanol–water partition coefficient (Wildman–Crippen LogP) is 4.35. The van der Waals surface area contributed by atoms with Crippen molar-refractivity contribution in [1.82, 2.24) is 14.9 Å². The van der Waals surface area contributed by atoms with Crippen LogP contribution >= 0.6 is 23.8 Å². The molecule has 0 aliphatic carbocycles. The minimum Gasteiger partial charge on any atom is -0.484 e. The zero-order chi connectivity index (χ0) is 17.8. The minimum atomic E-state index is -0.418. The lowest BCUT2D eigenvalue weighted by Gasteiger charge is -2.05. The molecule has 1 aromatic carbocycles. The van der Waals surface area contributed by atoms with Gasteiger partial charge in [-0.3, -0.25) is 5.10 Å². The molecule has 9 heteroatoms. The molecule has 0 saturated heterocycles. The number of aromatic nitrogens is 3. The van der Waals surface area contributed by atoms with Crippen LogP contribution in [0.1, 0.15) is 24.3 Å². The van der Waals surface area contributed by atoms with E-state index in [0.29, 0.717) is 28.5 Å². The van der Waals surface area contributed by atoms with E-state index in [9.17, 15) is 4.39 Å². The molecule has 6 nitrogen and oxygen atoms in total. The summed E-state index contributed by atoms with van der Waals surface area (Å²) in [6.45, 7) is 2.12. The first kappa shape index (κ1) is 17.4. The summed E-state index contributed by atoms with van der Waals surface area (Å²) in [5, 5.41) is 11.2. The zero-order valence-electron chi connectivity index (χ0n) is 13.2. The Morgan fingerprint density at radius 3 is 3.04 bits per heavy atom. The molecular weight excluding hydrogens is 367 g/mol. The van der Waals surface area contributed by atoms with Gasteiger partial charge in [-0.2, -0.15) is 14.9 Å². The summed E-state index contributed by atoms with van der Waals surface area (Å²) < 4.78 is 26.1. The molecule has 0 spiro atoms. The van der Waals surface area contributed by atoms with Gasteiger partial charge in [-0.1, -0.05) is 18.5 Å². The lowest BCUT2D eigenvalue weighted by Crippen LogP contribution is -1.97. The number of hydrogen-bond donors (Lipinski definition) is 1. The monoisotopic (exact) mass is 380 g/mol. The molecular formula is C16H14ClFN4O2S. The lowest BCUT2D eigenvalue weighted by atomic mass is 10.3. The number of aryl methyl sites for hydroxylation is 1. The van der Waals surface area contributed by atoms with E-state index in [2.05, 4.69) is 15.3 Å². The van der Waals surface area contributed by atoms with Crippen molar-refractivity contribution in [2.24, 2.45) is 5.10 Å². The molecule has 0 atom stereocenters. The van der Waals surface area contributed by atoms with E-state index >= 15 is 0 Å². The van der Waals surface area contributed by atoms with Crippen molar-refractivity contribution < 1.29 is 13.5 Å². The van der Waals surface area contributed by atoms with Crippen LogP contribution < -0.4 is 4.74 Å². The van der Waals surface area contributed by atoms with Gasteiger partial charge in [0, 0.05) is 6.42 Å². The molecule has 0 bridgehead atoms. The highest BCUT2D eigenvalue weighted by atomic mass is 35.5. The highest BCUT2D eigenvalue weighted by Gasteiger charge is 2.06. The number of nitrogens with one attached hydrogen (secondary N) is 1. The molecule has 0 aliphatic heterocycles. The number of H-pyrrole nitrogens is 1. The maximum Gasteiger partial charge on any atom is 0.216 e. The summed E-state index contributed by atoms with van der Waals surface area (Å²) in [5.41, 5.74) is 0. The molecule has 3 aromatic rings. The van der Waals surface area contributed by atoms with Crippen LogP contribution in [0.15, 0.2) is 39.9 Å². The lowest BCUT2D eigenvalue weighted by molar-refractivity contribution is 0.269. The number of furan rings is 1. The average Bonchev–Trinajstić information content (AvgIpc) is 3.18. The Bertz CT molecular complexity index is 963. The average molecular weight is 381 g/mol. The molecule has 0 unspecified atom stereocenters. The summed E-state index contributed by atoms with van der Waals surface area (Å²) in [4.78, 5) is 0. The summed E-state index contributed by atoms with van der Waals surface area (Å²) in [6, 6.07) is 7.45. The topological polar surface area (TPSA) is 68.3 Å². The highest BCUT2D eigenvalue weighted by molar-refractivity contribution is 7.71. The second-order valence-corrected chi connectivity index (χ2v) is 5.82. The van der Waals surface area contributed by atoms with Crippen LogP contribution in [0, 0.1) is 10.6 Å². The number of ether oxygens (including phenoxy) is 1. The Hall–Kier alpha value is -2.45. The quantitative estimate of drug-likeness (QED) is 0.510. The Morgan fingerprint density at radius 1 is 1.44 bits per heavy atom. The fourth-order valence-corrected chi connectivity index (χ4v) is 2.49. The largest absolute Gasteiger partial charge is 0.484 e. The normalized spacial score (nSPS) is 11.3. The number of halogens is 2. The molecule has 25 heavy (non-hydrogen) atoms. The molecule has 2 aromatic heterocycles. The van der Waals surface area contributed by atoms with E-state index < -0.39 is 5.82 Å². The van der Waals surface area contributed by atoms with Crippen LogP contribution in [0.4, 0.5) is 4.39 Å². The molecule has 0 aliphatic rings. The Balaban J connectivity index is 1.67. The van der Waals surface area contributed by atoms with E-state index in [1.54, 1.807) is 18.3 Å². The summed E-state index contributed by atoms with van der Waals surface area (Å²) >= 11 is 11.0. The minimum absolute atomic E-state index is 0.157. The Kier molecular flexibility index (Phi) is 5.30. The zero-order valence-corrected chi connectivity index (χ0v) is 14.8. The van der Waals surface area contributed by atoms with Gasteiger partial charge in [-0.15, -0.1) is 0 Å². The first-order valence-electron chi connectivity index (χ1n) is 7.44. The third-order valence-electron chi connectivity index (χ3n) is 3.28. The van der Waals surface area contributed by atoms with Gasteiger partial charge in [0.25, 0.3) is 0 Å². The standard InChI is InChI=1S/C16H14ClFN4O2S/c1-2-15-20-21-16(25)22(15)19-8-11-4-5-12(24-11)9-23-14-6-3-10(18)7-13(14)17/h3-8H,2,9H2,1H3,(H,21,25). The van der Waals surface area contributed by atoms with Gasteiger partial charge in [0.05, 0.1) is 11.2 Å². The van der Waals surface area contributed by atoms with Gasteiger partial charge in [0.1, 0.15) is 29.7 Å². The van der Waals surface area contributed by atoms with Crippen molar-refractivity contribution in [2.45, 2.75) is 20.0 Å². The number of nitrogens with zero attached hydrogens (tertiary/aromatic N) is 3. The van der Waals surface area contributed by atoms with E-state index in [4.69, 9.17) is 33.0 Å². The van der Waals surface area contributed by atoms with Gasteiger partial charge < -0.3 is 9.15 Å². The SMILES string of the molecule is CCc1n[nH]c(=S)n1N=Cc1ccc(COc2ccc(F)cc2Cl)o1. The van der Waals surface area contributed by atoms with Gasteiger partial charge in [-0.25, -0.2) is 4.39 Å². The summed E-state index contributed by atoms with van der Waals surface area (Å²) in [6.07, 6.45) is 2.24. The third-order valence-corrected chi connectivity index (χ3v) is 3.84. The fourth-order valence-electron chi connectivity index (χ4n) is 2.07. The van der Waals surface area contributed by atoms with Crippen molar-refractivity contribution in [3.05, 3.63) is 63.3 Å². The third kappa shape index (κ3) is 4.15. The van der Waals surface area contributed by atoms with Crippen LogP contribution in [0.2, 0.25) is 5.02 Å². The second-order valence-electron chi connectivity index (χ2n) is 5.02. The maximum absolute atomic E-state index is 13.0. The first-order valence-corrected chi connectivity index (χ1v) is 8.22. The van der Waals surface area contributed by atoms with Gasteiger partial charge in [0.2, 0.25) is 4.77 Å². The van der Waals surface area contributed by atoms with Crippen molar-refractivity contribution in [3.8, 4) is 5.75 Å². The van der Waals surface area contributed by atoms with Crippen LogP contribution in [-0.2, 0) is 13.0 Å². The van der Waals surface area contributed by atoms with Crippen molar-refractivity contribution in [1.29, 1.82) is 0 Å². The predicted molar refractivity (Wildman–Crippen MR) is 94.2 cm³/mol. The van der Waals surface area contributed by atoms with Crippen LogP contribution in [0.5, 0.6) is 5.75 Å². The first-order chi connectivity index (χ1) is 12.1. The molecule has 3 rings (SSSR count). The van der Waals surface area contributed by atoms with Gasteiger partial charge in [0.15, 0.2) is 5.82 Å². The van der Waals surface area contributed by atoms with Crippen molar-refractivity contribution in [3.63, 3.8) is 0 Å². The Morgan fingerprint density at radius 2 is 2.28 bits per heavy atom. The molecule has 0 radical (unpaired) electrons. The van der Waals surface area contributed by atoms with E-state index in [1.807, 2.05) is 6.92 Å². The maximum atomic E-state index is 13.0.